The molecule has 1 fully saturated rings. The molecule has 2 aromatic heterocycles. The van der Waals surface area contributed by atoms with Gasteiger partial charge in [0.1, 0.15) is 17.5 Å². The highest BCUT2D eigenvalue weighted by atomic mass is 35.5. The molecule has 0 bridgehead atoms. The van der Waals surface area contributed by atoms with E-state index in [1.165, 1.54) is 0 Å². The van der Waals surface area contributed by atoms with Gasteiger partial charge < -0.3 is 9.80 Å². The van der Waals surface area contributed by atoms with E-state index in [9.17, 15) is 4.79 Å². The Morgan fingerprint density at radius 3 is 2.67 bits per heavy atom. The first-order valence-corrected chi connectivity index (χ1v) is 9.48. The van der Waals surface area contributed by atoms with Gasteiger partial charge in [-0.05, 0) is 25.1 Å². The zero-order chi connectivity index (χ0) is 19.0. The maximum absolute atomic E-state index is 12.1. The van der Waals surface area contributed by atoms with Crippen molar-refractivity contribution in [1.82, 2.24) is 24.6 Å². The van der Waals surface area contributed by atoms with E-state index >= 15 is 0 Å². The second-order valence-corrected chi connectivity index (χ2v) is 7.49. The van der Waals surface area contributed by atoms with Gasteiger partial charge in [0.05, 0.1) is 17.3 Å². The highest BCUT2D eigenvalue weighted by Gasteiger charge is 2.26. The standard InChI is InChI=1S/C18H18Cl2N6O/c1-12(19)18(27)25-7-5-24(6-8-25)16-15-10-23-26(17(15)22-11-21-16)14-4-2-3-13(20)9-14/h2-4,9-12H,5-8H2,1H3. The Bertz CT molecular complexity index is 981. The van der Waals surface area contributed by atoms with Gasteiger partial charge in [-0.1, -0.05) is 17.7 Å². The summed E-state index contributed by atoms with van der Waals surface area (Å²) in [6, 6.07) is 7.46. The predicted octanol–water partition coefficient (Wildman–Crippen LogP) is 2.74. The summed E-state index contributed by atoms with van der Waals surface area (Å²) in [5.41, 5.74) is 1.56. The molecule has 1 saturated heterocycles. The fourth-order valence-electron chi connectivity index (χ4n) is 3.27. The van der Waals surface area contributed by atoms with Gasteiger partial charge in [-0.3, -0.25) is 4.79 Å². The summed E-state index contributed by atoms with van der Waals surface area (Å²) in [4.78, 5) is 24.9. The van der Waals surface area contributed by atoms with Crippen LogP contribution in [0.15, 0.2) is 36.8 Å². The molecule has 0 aliphatic carbocycles. The molecule has 0 N–H and O–H groups in total. The quantitative estimate of drug-likeness (QED) is 0.627. The van der Waals surface area contributed by atoms with Crippen molar-refractivity contribution in [2.75, 3.05) is 31.1 Å². The number of piperazine rings is 1. The van der Waals surface area contributed by atoms with Crippen molar-refractivity contribution in [3.05, 3.63) is 41.8 Å². The van der Waals surface area contributed by atoms with Gasteiger partial charge in [0.25, 0.3) is 0 Å². The number of hydrogen-bond donors (Lipinski definition) is 0. The molecule has 0 spiro atoms. The number of aromatic nitrogens is 4. The van der Waals surface area contributed by atoms with E-state index in [2.05, 4.69) is 20.0 Å². The summed E-state index contributed by atoms with van der Waals surface area (Å²) >= 11 is 12.0. The van der Waals surface area contributed by atoms with E-state index < -0.39 is 5.38 Å². The molecule has 0 radical (unpaired) electrons. The summed E-state index contributed by atoms with van der Waals surface area (Å²) in [6.07, 6.45) is 3.31. The van der Waals surface area contributed by atoms with E-state index in [0.29, 0.717) is 31.2 Å². The molecular weight excluding hydrogens is 387 g/mol. The van der Waals surface area contributed by atoms with Crippen molar-refractivity contribution in [2.45, 2.75) is 12.3 Å². The van der Waals surface area contributed by atoms with Crippen molar-refractivity contribution >= 4 is 46.0 Å². The number of benzene rings is 1. The van der Waals surface area contributed by atoms with Crippen LogP contribution in [0.3, 0.4) is 0 Å². The zero-order valence-corrected chi connectivity index (χ0v) is 16.2. The fraction of sp³-hybridized carbons (Fsp3) is 0.333. The number of carbonyl (C=O) groups excluding carboxylic acids is 1. The van der Waals surface area contributed by atoms with E-state index in [-0.39, 0.29) is 5.91 Å². The minimum Gasteiger partial charge on any atom is -0.352 e. The van der Waals surface area contributed by atoms with Crippen LogP contribution in [0.2, 0.25) is 5.02 Å². The summed E-state index contributed by atoms with van der Waals surface area (Å²) in [5.74, 6) is 0.789. The Morgan fingerprint density at radius 1 is 1.19 bits per heavy atom. The van der Waals surface area contributed by atoms with Crippen LogP contribution in [0.5, 0.6) is 0 Å². The van der Waals surface area contributed by atoms with E-state index in [1.54, 1.807) is 29.0 Å². The Labute approximate surface area is 166 Å². The van der Waals surface area contributed by atoms with Gasteiger partial charge >= 0.3 is 0 Å². The molecule has 1 unspecified atom stereocenters. The summed E-state index contributed by atoms with van der Waals surface area (Å²) in [6.45, 7) is 4.30. The van der Waals surface area contributed by atoms with Crippen molar-refractivity contribution < 1.29 is 4.79 Å². The third-order valence-electron chi connectivity index (χ3n) is 4.63. The number of amides is 1. The minimum atomic E-state index is -0.502. The topological polar surface area (TPSA) is 67.2 Å². The number of fused-ring (bicyclic) bond motifs is 1. The van der Waals surface area contributed by atoms with E-state index in [4.69, 9.17) is 23.2 Å². The first-order valence-electron chi connectivity index (χ1n) is 8.67. The van der Waals surface area contributed by atoms with Crippen LogP contribution in [0.4, 0.5) is 5.82 Å². The number of nitrogens with zero attached hydrogens (tertiary/aromatic N) is 6. The molecule has 3 heterocycles. The number of halogens is 2. The molecule has 1 aromatic carbocycles. The van der Waals surface area contributed by atoms with Gasteiger partial charge in [-0.25, -0.2) is 14.6 Å². The lowest BCUT2D eigenvalue weighted by Crippen LogP contribution is -2.50. The van der Waals surface area contributed by atoms with Crippen LogP contribution in [0.1, 0.15) is 6.92 Å². The first kappa shape index (κ1) is 18.0. The zero-order valence-electron chi connectivity index (χ0n) is 14.7. The summed E-state index contributed by atoms with van der Waals surface area (Å²) in [5, 5.41) is 5.48. The van der Waals surface area contributed by atoms with Crippen LogP contribution in [-0.4, -0.2) is 62.1 Å². The molecule has 9 heteroatoms. The Hall–Kier alpha value is -2.38. The monoisotopic (exact) mass is 404 g/mol. The van der Waals surface area contributed by atoms with Crippen LogP contribution in [0, 0.1) is 0 Å². The average Bonchev–Trinajstić information content (AvgIpc) is 3.12. The van der Waals surface area contributed by atoms with Crippen LogP contribution < -0.4 is 4.90 Å². The molecule has 7 nitrogen and oxygen atoms in total. The summed E-state index contributed by atoms with van der Waals surface area (Å²) in [7, 11) is 0. The SMILES string of the molecule is CC(Cl)C(=O)N1CCN(c2ncnc3c2cnn3-c2cccc(Cl)c2)CC1. The molecule has 1 aliphatic heterocycles. The van der Waals surface area contributed by atoms with E-state index in [0.717, 1.165) is 22.5 Å². The highest BCUT2D eigenvalue weighted by molar-refractivity contribution is 6.30. The number of alkyl halides is 1. The molecule has 27 heavy (non-hydrogen) atoms. The van der Waals surface area contributed by atoms with Gasteiger partial charge in [0.2, 0.25) is 5.91 Å². The molecule has 1 amide bonds. The molecule has 3 aromatic rings. The number of carbonyl (C=O) groups is 1. The third kappa shape index (κ3) is 3.44. The fourth-order valence-corrected chi connectivity index (χ4v) is 3.59. The largest absolute Gasteiger partial charge is 0.352 e. The van der Waals surface area contributed by atoms with Crippen LogP contribution in [0.25, 0.3) is 16.7 Å². The lowest BCUT2D eigenvalue weighted by Gasteiger charge is -2.36. The second kappa shape index (κ2) is 7.32. The predicted molar refractivity (Wildman–Crippen MR) is 106 cm³/mol. The van der Waals surface area contributed by atoms with Gasteiger partial charge in [-0.15, -0.1) is 11.6 Å². The average molecular weight is 405 g/mol. The van der Waals surface area contributed by atoms with Crippen molar-refractivity contribution in [2.24, 2.45) is 0 Å². The number of hydrogen-bond acceptors (Lipinski definition) is 5. The van der Waals surface area contributed by atoms with Crippen molar-refractivity contribution in [3.8, 4) is 5.69 Å². The number of rotatable bonds is 3. The minimum absolute atomic E-state index is 0.0297. The maximum atomic E-state index is 12.1. The maximum Gasteiger partial charge on any atom is 0.240 e. The van der Waals surface area contributed by atoms with Gasteiger partial charge in [0.15, 0.2) is 5.65 Å². The molecule has 1 atom stereocenters. The highest BCUT2D eigenvalue weighted by Crippen LogP contribution is 2.26. The second-order valence-electron chi connectivity index (χ2n) is 6.40. The van der Waals surface area contributed by atoms with Crippen molar-refractivity contribution in [1.29, 1.82) is 0 Å². The Balaban J connectivity index is 1.62. The first-order chi connectivity index (χ1) is 13.0. The molecule has 0 saturated carbocycles. The molecular formula is C18H18Cl2N6O. The smallest absolute Gasteiger partial charge is 0.240 e. The van der Waals surface area contributed by atoms with Crippen molar-refractivity contribution in [3.63, 3.8) is 0 Å². The van der Waals surface area contributed by atoms with Crippen LogP contribution in [-0.2, 0) is 4.79 Å². The lowest BCUT2D eigenvalue weighted by atomic mass is 10.2. The van der Waals surface area contributed by atoms with Gasteiger partial charge in [-0.2, -0.15) is 5.10 Å². The Morgan fingerprint density at radius 2 is 1.96 bits per heavy atom. The Kier molecular flexibility index (Phi) is 4.88. The van der Waals surface area contributed by atoms with Gasteiger partial charge in [0, 0.05) is 31.2 Å². The molecule has 4 rings (SSSR count). The number of anilines is 1. The van der Waals surface area contributed by atoms with Crippen LogP contribution >= 0.6 is 23.2 Å². The summed E-state index contributed by atoms with van der Waals surface area (Å²) < 4.78 is 1.75. The lowest BCUT2D eigenvalue weighted by molar-refractivity contribution is -0.130. The molecule has 140 valence electrons. The van der Waals surface area contributed by atoms with E-state index in [1.807, 2.05) is 24.3 Å². The third-order valence-corrected chi connectivity index (χ3v) is 5.05. The normalized spacial score (nSPS) is 16.0. The molecule has 1 aliphatic rings.